The second kappa shape index (κ2) is 14.8. The van der Waals surface area contributed by atoms with Gasteiger partial charge in [0.2, 0.25) is 5.91 Å². The number of esters is 1. The van der Waals surface area contributed by atoms with Crippen molar-refractivity contribution in [3.05, 3.63) is 102 Å². The van der Waals surface area contributed by atoms with E-state index in [2.05, 4.69) is 15.6 Å². The Hall–Kier alpha value is -5.01. The molecule has 252 valence electrons. The van der Waals surface area contributed by atoms with Crippen LogP contribution in [0.3, 0.4) is 0 Å². The number of pyridine rings is 1. The predicted octanol–water partition coefficient (Wildman–Crippen LogP) is 3.98. The zero-order valence-corrected chi connectivity index (χ0v) is 27.7. The molecule has 12 nitrogen and oxygen atoms in total. The molecule has 2 atom stereocenters. The number of rotatable bonds is 10. The Morgan fingerprint density at radius 1 is 0.979 bits per heavy atom. The average Bonchev–Trinajstić information content (AvgIpc) is 3.07. The highest BCUT2D eigenvalue weighted by atomic mass is 32.2. The first-order valence-electron chi connectivity index (χ1n) is 15.5. The first kappa shape index (κ1) is 34.3. The van der Waals surface area contributed by atoms with Crippen molar-refractivity contribution in [1.82, 2.24) is 20.5 Å². The number of carbonyl (C=O) groups is 3. The van der Waals surface area contributed by atoms with Crippen molar-refractivity contribution in [1.29, 1.82) is 0 Å². The molecule has 1 fully saturated rings. The highest BCUT2D eigenvalue weighted by molar-refractivity contribution is 7.87. The number of nitrogens with zero attached hydrogens (tertiary/aromatic N) is 2. The van der Waals surface area contributed by atoms with Gasteiger partial charge in [0.15, 0.2) is 0 Å². The number of benzene rings is 3. The van der Waals surface area contributed by atoms with E-state index in [1.165, 1.54) is 29.3 Å². The van der Waals surface area contributed by atoms with Crippen molar-refractivity contribution in [2.45, 2.75) is 56.4 Å². The molecule has 2 amide bonds. The fourth-order valence-electron chi connectivity index (χ4n) is 5.25. The van der Waals surface area contributed by atoms with Crippen LogP contribution in [0.1, 0.15) is 31.9 Å². The summed E-state index contributed by atoms with van der Waals surface area (Å²) < 4.78 is 42.8. The van der Waals surface area contributed by atoms with Gasteiger partial charge in [-0.3, -0.25) is 9.78 Å². The van der Waals surface area contributed by atoms with Gasteiger partial charge in [0.1, 0.15) is 34.9 Å². The number of fused-ring (bicyclic) bond motifs is 1. The SMILES string of the molecule is CC(C)(C)OC(=O)C1CNCCN1C(=O)[C@H](Cc1ccc(OS(=O)(=O)c2cccc3cnccc23)cc1)NC(=O)OCc1ccccc1. The quantitative estimate of drug-likeness (QED) is 0.187. The maximum absolute atomic E-state index is 14.0. The smallest absolute Gasteiger partial charge is 0.408 e. The van der Waals surface area contributed by atoms with Crippen LogP contribution in [-0.4, -0.2) is 73.6 Å². The molecule has 48 heavy (non-hydrogen) atoms. The monoisotopic (exact) mass is 674 g/mol. The van der Waals surface area contributed by atoms with Gasteiger partial charge in [-0.15, -0.1) is 0 Å². The van der Waals surface area contributed by atoms with E-state index in [9.17, 15) is 22.8 Å². The maximum atomic E-state index is 14.0. The lowest BCUT2D eigenvalue weighted by molar-refractivity contribution is -0.166. The minimum absolute atomic E-state index is 0.00449. The van der Waals surface area contributed by atoms with E-state index in [0.717, 1.165) is 5.56 Å². The van der Waals surface area contributed by atoms with Gasteiger partial charge < -0.3 is 29.2 Å². The summed E-state index contributed by atoms with van der Waals surface area (Å²) in [5.74, 6) is -0.981. The highest BCUT2D eigenvalue weighted by Gasteiger charge is 2.38. The first-order chi connectivity index (χ1) is 22.9. The summed E-state index contributed by atoms with van der Waals surface area (Å²) in [5.41, 5.74) is 0.611. The van der Waals surface area contributed by atoms with Gasteiger partial charge in [-0.05, 0) is 56.2 Å². The van der Waals surface area contributed by atoms with Crippen LogP contribution in [0, 0.1) is 0 Å². The van der Waals surface area contributed by atoms with E-state index in [0.29, 0.717) is 22.9 Å². The van der Waals surface area contributed by atoms with Gasteiger partial charge in [0.05, 0.1) is 0 Å². The number of piperazine rings is 1. The fourth-order valence-corrected chi connectivity index (χ4v) is 6.41. The van der Waals surface area contributed by atoms with Crippen LogP contribution in [-0.2, 0) is 42.2 Å². The topological polar surface area (TPSA) is 153 Å². The first-order valence-corrected chi connectivity index (χ1v) is 16.9. The van der Waals surface area contributed by atoms with Crippen LogP contribution in [0.2, 0.25) is 0 Å². The van der Waals surface area contributed by atoms with Gasteiger partial charge in [0, 0.05) is 49.2 Å². The standard InChI is InChI=1S/C35H38N4O8S/c1-35(2,3)46-33(41)30-22-37-18-19-39(30)32(40)29(38-34(42)45-23-25-8-5-4-6-9-25)20-24-12-14-27(15-13-24)47-48(43,44)31-11-7-10-26-21-36-17-16-28(26)31/h4-17,21,29-30,37H,18-20,22-23H2,1-3H3,(H,38,42)/t29-,30?/m0/s1. The molecule has 0 radical (unpaired) electrons. The van der Waals surface area contributed by atoms with Crippen LogP contribution in [0.25, 0.3) is 10.8 Å². The molecule has 0 spiro atoms. The molecule has 3 aromatic carbocycles. The third-order valence-corrected chi connectivity index (χ3v) is 8.79. The Bertz CT molecular complexity index is 1860. The van der Waals surface area contributed by atoms with Gasteiger partial charge >= 0.3 is 22.2 Å². The molecule has 2 N–H and O–H groups in total. The molecule has 1 aromatic heterocycles. The summed E-state index contributed by atoms with van der Waals surface area (Å²) in [5, 5.41) is 6.94. The van der Waals surface area contributed by atoms with E-state index >= 15 is 0 Å². The number of hydrogen-bond acceptors (Lipinski definition) is 10. The van der Waals surface area contributed by atoms with E-state index in [1.807, 2.05) is 30.3 Å². The molecule has 4 aromatic rings. The molecule has 1 aliphatic heterocycles. The third kappa shape index (κ3) is 8.87. The molecule has 1 unspecified atom stereocenters. The van der Waals surface area contributed by atoms with E-state index in [4.69, 9.17) is 13.7 Å². The summed E-state index contributed by atoms with van der Waals surface area (Å²) in [6, 6.07) is 19.7. The summed E-state index contributed by atoms with van der Waals surface area (Å²) in [6.07, 6.45) is 2.29. The van der Waals surface area contributed by atoms with Crippen LogP contribution in [0.5, 0.6) is 5.75 Å². The Morgan fingerprint density at radius 3 is 2.46 bits per heavy atom. The molecule has 5 rings (SSSR count). The molecule has 0 bridgehead atoms. The molecular formula is C35H38N4O8S. The van der Waals surface area contributed by atoms with Crippen LogP contribution < -0.4 is 14.8 Å². The van der Waals surface area contributed by atoms with Crippen molar-refractivity contribution < 1.29 is 36.5 Å². The predicted molar refractivity (Wildman–Crippen MR) is 177 cm³/mol. The van der Waals surface area contributed by atoms with Crippen LogP contribution in [0.4, 0.5) is 4.79 Å². The Balaban J connectivity index is 1.34. The molecule has 2 heterocycles. The van der Waals surface area contributed by atoms with Crippen molar-refractivity contribution >= 4 is 38.9 Å². The fraction of sp³-hybridized carbons (Fsp3) is 0.314. The van der Waals surface area contributed by atoms with Gasteiger partial charge in [-0.2, -0.15) is 8.42 Å². The Labute approximate surface area is 279 Å². The van der Waals surface area contributed by atoms with Gasteiger partial charge in [0.25, 0.3) is 0 Å². The number of nitrogens with one attached hydrogen (secondary N) is 2. The summed E-state index contributed by atoms with van der Waals surface area (Å²) in [6.45, 7) is 6.10. The molecule has 0 saturated carbocycles. The summed E-state index contributed by atoms with van der Waals surface area (Å²) >= 11 is 0. The average molecular weight is 675 g/mol. The minimum atomic E-state index is -4.19. The zero-order chi connectivity index (χ0) is 34.3. The van der Waals surface area contributed by atoms with Crippen molar-refractivity contribution in [2.75, 3.05) is 19.6 Å². The number of hydrogen-bond donors (Lipinski definition) is 2. The summed E-state index contributed by atoms with van der Waals surface area (Å²) in [4.78, 5) is 45.5. The second-order valence-electron chi connectivity index (χ2n) is 12.3. The minimum Gasteiger partial charge on any atom is -0.458 e. The Morgan fingerprint density at radius 2 is 1.73 bits per heavy atom. The van der Waals surface area contributed by atoms with Gasteiger partial charge in [-0.25, -0.2) is 9.59 Å². The second-order valence-corrected chi connectivity index (χ2v) is 13.8. The van der Waals surface area contributed by atoms with Crippen LogP contribution in [0.15, 0.2) is 96.2 Å². The number of amides is 2. The lowest BCUT2D eigenvalue weighted by atomic mass is 10.0. The molecule has 1 saturated heterocycles. The molecular weight excluding hydrogens is 636 g/mol. The normalized spacial score (nSPS) is 15.7. The lowest BCUT2D eigenvalue weighted by Crippen LogP contribution is -2.62. The lowest BCUT2D eigenvalue weighted by Gasteiger charge is -2.38. The number of carbonyl (C=O) groups excluding carboxylic acids is 3. The van der Waals surface area contributed by atoms with E-state index in [-0.39, 0.29) is 36.8 Å². The van der Waals surface area contributed by atoms with Crippen molar-refractivity contribution in [3.63, 3.8) is 0 Å². The number of alkyl carbamates (subject to hydrolysis) is 1. The number of aromatic nitrogens is 1. The summed E-state index contributed by atoms with van der Waals surface area (Å²) in [7, 11) is -4.19. The van der Waals surface area contributed by atoms with E-state index in [1.54, 1.807) is 57.3 Å². The largest absolute Gasteiger partial charge is 0.458 e. The molecule has 1 aliphatic rings. The number of ether oxygens (including phenoxy) is 2. The molecule has 0 aliphatic carbocycles. The Kier molecular flexibility index (Phi) is 10.6. The van der Waals surface area contributed by atoms with Crippen molar-refractivity contribution in [3.8, 4) is 5.75 Å². The van der Waals surface area contributed by atoms with Gasteiger partial charge in [-0.1, -0.05) is 54.6 Å². The maximum Gasteiger partial charge on any atom is 0.408 e. The molecule has 13 heteroatoms. The van der Waals surface area contributed by atoms with E-state index < -0.39 is 45.8 Å². The third-order valence-electron chi connectivity index (χ3n) is 7.49. The van der Waals surface area contributed by atoms with Crippen molar-refractivity contribution in [2.24, 2.45) is 0 Å². The highest BCUT2D eigenvalue weighted by Crippen LogP contribution is 2.26. The zero-order valence-electron chi connectivity index (χ0n) is 26.9. The van der Waals surface area contributed by atoms with Crippen LogP contribution >= 0.6 is 0 Å².